The van der Waals surface area contributed by atoms with Gasteiger partial charge >= 0.3 is 0 Å². The van der Waals surface area contributed by atoms with Crippen molar-refractivity contribution >= 4 is 0 Å². The summed E-state index contributed by atoms with van der Waals surface area (Å²) in [4.78, 5) is 0. The SMILES string of the molecule is CC(C)CCC[C@@H](C)[C@H]1CC[C@H]2C3CC[C@H]4C[C@@H](OCCNCCN)CC[C@]4(C)[C@H]3CC[C@]12C. The molecular weight excluding hydrogens is 416 g/mol. The minimum Gasteiger partial charge on any atom is -0.377 e. The Morgan fingerprint density at radius 2 is 1.65 bits per heavy atom. The van der Waals surface area contributed by atoms with Crippen LogP contribution < -0.4 is 11.1 Å². The number of rotatable bonds is 11. The van der Waals surface area contributed by atoms with Crippen LogP contribution in [0.2, 0.25) is 0 Å². The smallest absolute Gasteiger partial charge is 0.0594 e. The Hall–Kier alpha value is -0.120. The Morgan fingerprint density at radius 1 is 0.882 bits per heavy atom. The number of fused-ring (bicyclic) bond motifs is 5. The van der Waals surface area contributed by atoms with Crippen molar-refractivity contribution in [3.8, 4) is 0 Å². The highest BCUT2D eigenvalue weighted by atomic mass is 16.5. The van der Waals surface area contributed by atoms with Gasteiger partial charge in [-0.3, -0.25) is 0 Å². The normalized spacial score (nSPS) is 42.8. The molecule has 3 nitrogen and oxygen atoms in total. The fourth-order valence-electron chi connectivity index (χ4n) is 9.92. The number of hydrogen-bond acceptors (Lipinski definition) is 3. The van der Waals surface area contributed by atoms with Crippen LogP contribution in [-0.2, 0) is 4.74 Å². The number of hydrogen-bond donors (Lipinski definition) is 2. The van der Waals surface area contributed by atoms with Gasteiger partial charge in [-0.2, -0.15) is 0 Å². The van der Waals surface area contributed by atoms with E-state index in [9.17, 15) is 0 Å². The largest absolute Gasteiger partial charge is 0.377 e. The van der Waals surface area contributed by atoms with Crippen LogP contribution in [0.5, 0.6) is 0 Å². The van der Waals surface area contributed by atoms with Crippen LogP contribution in [0.3, 0.4) is 0 Å². The van der Waals surface area contributed by atoms with E-state index < -0.39 is 0 Å². The molecule has 198 valence electrons. The van der Waals surface area contributed by atoms with Crippen LogP contribution in [0.1, 0.15) is 112 Å². The van der Waals surface area contributed by atoms with Crippen molar-refractivity contribution < 1.29 is 4.74 Å². The van der Waals surface area contributed by atoms with E-state index in [-0.39, 0.29) is 0 Å². The summed E-state index contributed by atoms with van der Waals surface area (Å²) in [7, 11) is 0. The Kier molecular flexibility index (Phi) is 9.12. The van der Waals surface area contributed by atoms with E-state index >= 15 is 0 Å². The first-order chi connectivity index (χ1) is 16.3. The molecule has 4 aliphatic rings. The third-order valence-corrected chi connectivity index (χ3v) is 11.8. The Morgan fingerprint density at radius 3 is 2.41 bits per heavy atom. The average Bonchev–Trinajstić information content (AvgIpc) is 3.16. The predicted octanol–water partition coefficient (Wildman–Crippen LogP) is 7.04. The molecule has 34 heavy (non-hydrogen) atoms. The molecule has 0 aliphatic heterocycles. The molecular formula is C31H58N2O. The monoisotopic (exact) mass is 474 g/mol. The molecule has 4 rings (SSSR count). The Labute approximate surface area is 212 Å². The van der Waals surface area contributed by atoms with Gasteiger partial charge in [0.05, 0.1) is 12.7 Å². The molecule has 0 saturated heterocycles. The second kappa shape index (κ2) is 11.5. The summed E-state index contributed by atoms with van der Waals surface area (Å²) in [6, 6.07) is 0. The average molecular weight is 475 g/mol. The molecule has 0 aromatic carbocycles. The van der Waals surface area contributed by atoms with Crippen LogP contribution >= 0.6 is 0 Å². The molecule has 0 aromatic rings. The van der Waals surface area contributed by atoms with Crippen LogP contribution in [0.25, 0.3) is 0 Å². The number of nitrogens with one attached hydrogen (secondary N) is 1. The van der Waals surface area contributed by atoms with Crippen molar-refractivity contribution in [1.29, 1.82) is 0 Å². The van der Waals surface area contributed by atoms with E-state index in [1.54, 1.807) is 0 Å². The zero-order valence-corrected chi connectivity index (χ0v) is 23.4. The summed E-state index contributed by atoms with van der Waals surface area (Å²) < 4.78 is 6.33. The summed E-state index contributed by atoms with van der Waals surface area (Å²) in [5.74, 6) is 6.64. The molecule has 4 saturated carbocycles. The van der Waals surface area contributed by atoms with Crippen molar-refractivity contribution in [2.24, 2.45) is 58.0 Å². The quantitative estimate of drug-likeness (QED) is 0.316. The Bertz CT molecular complexity index is 637. The minimum absolute atomic E-state index is 0.491. The summed E-state index contributed by atoms with van der Waals surface area (Å²) >= 11 is 0. The number of ether oxygens (including phenoxy) is 1. The van der Waals surface area contributed by atoms with Gasteiger partial charge < -0.3 is 15.8 Å². The van der Waals surface area contributed by atoms with Crippen molar-refractivity contribution in [3.05, 3.63) is 0 Å². The van der Waals surface area contributed by atoms with Gasteiger partial charge in [-0.25, -0.2) is 0 Å². The second-order valence-electron chi connectivity index (χ2n) is 14.0. The van der Waals surface area contributed by atoms with Crippen LogP contribution in [0.15, 0.2) is 0 Å². The van der Waals surface area contributed by atoms with Gasteiger partial charge in [0.25, 0.3) is 0 Å². The maximum atomic E-state index is 6.33. The van der Waals surface area contributed by atoms with Gasteiger partial charge in [0, 0.05) is 19.6 Å². The molecule has 0 heterocycles. The third-order valence-electron chi connectivity index (χ3n) is 11.8. The molecule has 0 radical (unpaired) electrons. The molecule has 4 aliphatic carbocycles. The highest BCUT2D eigenvalue weighted by molar-refractivity contribution is 5.09. The first-order valence-corrected chi connectivity index (χ1v) is 15.3. The first kappa shape index (κ1) is 26.9. The first-order valence-electron chi connectivity index (χ1n) is 15.3. The van der Waals surface area contributed by atoms with Crippen molar-refractivity contribution in [1.82, 2.24) is 5.32 Å². The lowest BCUT2D eigenvalue weighted by atomic mass is 9.44. The standard InChI is InChI=1S/C31H58N2O/c1-22(2)7-6-8-23(3)27-11-12-28-26-10-9-24-21-25(34-20-19-33-18-17-32)13-15-30(24,4)29(26)14-16-31(27,28)5/h22-29,33H,6-21,32H2,1-5H3/t23-,24+,25+,26?,27-,28+,29+,30+,31-/m1/s1. The molecule has 1 unspecified atom stereocenters. The van der Waals surface area contributed by atoms with Crippen molar-refractivity contribution in [2.75, 3.05) is 26.2 Å². The summed E-state index contributed by atoms with van der Waals surface area (Å²) in [6.07, 6.45) is 17.8. The van der Waals surface area contributed by atoms with E-state index in [2.05, 4.69) is 39.9 Å². The molecule has 0 bridgehead atoms. The van der Waals surface area contributed by atoms with Crippen molar-refractivity contribution in [3.63, 3.8) is 0 Å². The van der Waals surface area contributed by atoms with E-state index in [0.29, 0.717) is 23.5 Å². The minimum atomic E-state index is 0.491. The lowest BCUT2D eigenvalue weighted by molar-refractivity contribution is -0.136. The second-order valence-corrected chi connectivity index (χ2v) is 14.0. The zero-order valence-electron chi connectivity index (χ0n) is 23.4. The van der Waals surface area contributed by atoms with Gasteiger partial charge in [-0.05, 0) is 110 Å². The van der Waals surface area contributed by atoms with Gasteiger partial charge in [-0.1, -0.05) is 53.9 Å². The molecule has 3 heteroatoms. The molecule has 0 amide bonds. The van der Waals surface area contributed by atoms with Gasteiger partial charge in [-0.15, -0.1) is 0 Å². The fourth-order valence-corrected chi connectivity index (χ4v) is 9.92. The number of nitrogens with two attached hydrogens (primary N) is 1. The summed E-state index contributed by atoms with van der Waals surface area (Å²) in [5.41, 5.74) is 6.78. The maximum absolute atomic E-state index is 6.33. The van der Waals surface area contributed by atoms with Crippen molar-refractivity contribution in [2.45, 2.75) is 118 Å². The maximum Gasteiger partial charge on any atom is 0.0594 e. The molecule has 9 atom stereocenters. The van der Waals surface area contributed by atoms with Crippen LogP contribution in [-0.4, -0.2) is 32.3 Å². The van der Waals surface area contributed by atoms with E-state index in [4.69, 9.17) is 10.5 Å². The highest BCUT2D eigenvalue weighted by Crippen LogP contribution is 2.68. The van der Waals surface area contributed by atoms with Gasteiger partial charge in [0.15, 0.2) is 0 Å². The van der Waals surface area contributed by atoms with E-state index in [0.717, 1.165) is 61.1 Å². The fraction of sp³-hybridized carbons (Fsp3) is 1.00. The molecule has 0 aromatic heterocycles. The molecule has 3 N–H and O–H groups in total. The van der Waals surface area contributed by atoms with Gasteiger partial charge in [0.2, 0.25) is 0 Å². The van der Waals surface area contributed by atoms with Crippen LogP contribution in [0.4, 0.5) is 0 Å². The van der Waals surface area contributed by atoms with Gasteiger partial charge in [0.1, 0.15) is 0 Å². The lowest BCUT2D eigenvalue weighted by Gasteiger charge is -2.61. The molecule has 4 fully saturated rings. The van der Waals surface area contributed by atoms with E-state index in [1.807, 2.05) is 0 Å². The highest BCUT2D eigenvalue weighted by Gasteiger charge is 2.60. The third kappa shape index (κ3) is 5.42. The van der Waals surface area contributed by atoms with Crippen LogP contribution in [0, 0.1) is 52.3 Å². The lowest BCUT2D eigenvalue weighted by Crippen LogP contribution is -2.54. The summed E-state index contributed by atoms with van der Waals surface area (Å²) in [5, 5.41) is 3.38. The molecule has 0 spiro atoms. The Balaban J connectivity index is 1.34. The van der Waals surface area contributed by atoms with E-state index in [1.165, 1.54) is 77.0 Å². The predicted molar refractivity (Wildman–Crippen MR) is 145 cm³/mol. The zero-order chi connectivity index (χ0) is 24.3. The summed E-state index contributed by atoms with van der Waals surface area (Å²) in [6.45, 7) is 16.2. The topological polar surface area (TPSA) is 47.3 Å².